The lowest BCUT2D eigenvalue weighted by Crippen LogP contribution is -2.26. The van der Waals surface area contributed by atoms with Crippen molar-refractivity contribution in [2.75, 3.05) is 37.4 Å². The molecule has 0 atom stereocenters. The van der Waals surface area contributed by atoms with Crippen molar-refractivity contribution in [3.8, 4) is 0 Å². The van der Waals surface area contributed by atoms with Gasteiger partial charge in [-0.05, 0) is 43.7 Å². The van der Waals surface area contributed by atoms with E-state index in [0.717, 1.165) is 18.7 Å². The molecule has 0 bridgehead atoms. The molecular weight excluding hydrogens is 214 g/mol. The van der Waals surface area contributed by atoms with Crippen LogP contribution in [0.15, 0.2) is 18.2 Å². The number of rotatable bonds is 3. The molecule has 1 aromatic rings. The number of amides is 1. The normalized spacial score (nSPS) is 14.4. The Balaban J connectivity index is 2.13. The van der Waals surface area contributed by atoms with Crippen LogP contribution in [0.3, 0.4) is 0 Å². The molecule has 0 aromatic heterocycles. The van der Waals surface area contributed by atoms with Crippen LogP contribution < -0.4 is 15.5 Å². The lowest BCUT2D eigenvalue weighted by Gasteiger charge is -2.27. The van der Waals surface area contributed by atoms with Crippen molar-refractivity contribution in [1.82, 2.24) is 5.32 Å². The second-order valence-electron chi connectivity index (χ2n) is 4.45. The molecule has 0 radical (unpaired) electrons. The van der Waals surface area contributed by atoms with Crippen LogP contribution in [-0.4, -0.2) is 33.1 Å². The van der Waals surface area contributed by atoms with Crippen LogP contribution in [0.25, 0.3) is 0 Å². The summed E-state index contributed by atoms with van der Waals surface area (Å²) in [4.78, 5) is 13.7. The maximum Gasteiger partial charge on any atom is 0.238 e. The van der Waals surface area contributed by atoms with Gasteiger partial charge in [0.15, 0.2) is 0 Å². The summed E-state index contributed by atoms with van der Waals surface area (Å²) in [7, 11) is 3.87. The summed E-state index contributed by atoms with van der Waals surface area (Å²) >= 11 is 0. The van der Waals surface area contributed by atoms with Crippen molar-refractivity contribution in [3.63, 3.8) is 0 Å². The molecule has 1 amide bonds. The van der Waals surface area contributed by atoms with E-state index in [4.69, 9.17) is 0 Å². The van der Waals surface area contributed by atoms with Gasteiger partial charge in [-0.1, -0.05) is 0 Å². The number of nitrogens with one attached hydrogen (secondary N) is 2. The van der Waals surface area contributed by atoms with E-state index in [1.54, 1.807) is 7.05 Å². The molecule has 4 nitrogen and oxygen atoms in total. The molecular formula is C13H19N3O. The van der Waals surface area contributed by atoms with Gasteiger partial charge in [-0.3, -0.25) is 4.79 Å². The van der Waals surface area contributed by atoms with Crippen molar-refractivity contribution < 1.29 is 4.79 Å². The average Bonchev–Trinajstić information content (AvgIpc) is 2.29. The van der Waals surface area contributed by atoms with Crippen LogP contribution >= 0.6 is 0 Å². The fourth-order valence-electron chi connectivity index (χ4n) is 2.23. The fraction of sp³-hybridized carbons (Fsp3) is 0.462. The number of hydrogen-bond donors (Lipinski definition) is 2. The van der Waals surface area contributed by atoms with E-state index in [9.17, 15) is 4.79 Å². The van der Waals surface area contributed by atoms with E-state index >= 15 is 0 Å². The van der Waals surface area contributed by atoms with Crippen LogP contribution in [0.2, 0.25) is 0 Å². The molecule has 1 aromatic carbocycles. The third kappa shape index (κ3) is 2.77. The second-order valence-corrected chi connectivity index (χ2v) is 4.45. The Labute approximate surface area is 102 Å². The highest BCUT2D eigenvalue weighted by Crippen LogP contribution is 2.28. The van der Waals surface area contributed by atoms with E-state index in [2.05, 4.69) is 34.7 Å². The molecule has 92 valence electrons. The molecule has 2 rings (SSSR count). The highest BCUT2D eigenvalue weighted by atomic mass is 16.1. The molecule has 0 spiro atoms. The number of hydrogen-bond acceptors (Lipinski definition) is 3. The molecule has 1 aliphatic rings. The summed E-state index contributed by atoms with van der Waals surface area (Å²) in [6.07, 6.45) is 2.27. The van der Waals surface area contributed by atoms with Gasteiger partial charge in [0.1, 0.15) is 0 Å². The number of fused-ring (bicyclic) bond motifs is 1. The van der Waals surface area contributed by atoms with Gasteiger partial charge in [0, 0.05) is 25.0 Å². The molecule has 0 unspecified atom stereocenters. The number of likely N-dealkylation sites (N-methyl/N-ethyl adjacent to an activating group) is 1. The van der Waals surface area contributed by atoms with Crippen LogP contribution in [0.4, 0.5) is 11.4 Å². The monoisotopic (exact) mass is 233 g/mol. The van der Waals surface area contributed by atoms with Crippen molar-refractivity contribution in [3.05, 3.63) is 23.8 Å². The van der Waals surface area contributed by atoms with Crippen molar-refractivity contribution in [2.24, 2.45) is 0 Å². The molecule has 1 aliphatic heterocycles. The van der Waals surface area contributed by atoms with Gasteiger partial charge in [0.05, 0.1) is 6.54 Å². The quantitative estimate of drug-likeness (QED) is 0.825. The summed E-state index contributed by atoms with van der Waals surface area (Å²) in [5, 5.41) is 5.72. The first kappa shape index (κ1) is 11.9. The van der Waals surface area contributed by atoms with Gasteiger partial charge >= 0.3 is 0 Å². The second kappa shape index (κ2) is 5.19. The molecule has 0 saturated heterocycles. The number of carbonyl (C=O) groups is 1. The maximum absolute atomic E-state index is 11.5. The predicted molar refractivity (Wildman–Crippen MR) is 70.6 cm³/mol. The topological polar surface area (TPSA) is 44.4 Å². The minimum absolute atomic E-state index is 0.00314. The molecule has 2 N–H and O–H groups in total. The Kier molecular flexibility index (Phi) is 3.64. The van der Waals surface area contributed by atoms with E-state index in [1.165, 1.54) is 17.7 Å². The minimum atomic E-state index is -0.00314. The Morgan fingerprint density at radius 1 is 1.47 bits per heavy atom. The zero-order valence-corrected chi connectivity index (χ0v) is 10.4. The third-order valence-corrected chi connectivity index (χ3v) is 3.05. The summed E-state index contributed by atoms with van der Waals surface area (Å²) < 4.78 is 0. The van der Waals surface area contributed by atoms with Crippen LogP contribution in [-0.2, 0) is 11.2 Å². The van der Waals surface area contributed by atoms with Gasteiger partial charge in [-0.25, -0.2) is 0 Å². The SMILES string of the molecule is CNCC(=O)Nc1ccc2c(c1)CCCN2C. The van der Waals surface area contributed by atoms with E-state index < -0.39 is 0 Å². The number of benzene rings is 1. The fourth-order valence-corrected chi connectivity index (χ4v) is 2.23. The minimum Gasteiger partial charge on any atom is -0.374 e. The summed E-state index contributed by atoms with van der Waals surface area (Å²) in [6, 6.07) is 6.14. The van der Waals surface area contributed by atoms with E-state index in [0.29, 0.717) is 6.54 Å². The van der Waals surface area contributed by atoms with Crippen molar-refractivity contribution in [1.29, 1.82) is 0 Å². The van der Waals surface area contributed by atoms with E-state index in [1.807, 2.05) is 6.07 Å². The summed E-state index contributed by atoms with van der Waals surface area (Å²) in [6.45, 7) is 1.45. The highest BCUT2D eigenvalue weighted by Gasteiger charge is 2.14. The predicted octanol–water partition coefficient (Wildman–Crippen LogP) is 1.23. The van der Waals surface area contributed by atoms with Gasteiger partial charge in [-0.2, -0.15) is 0 Å². The first-order valence-electron chi connectivity index (χ1n) is 5.99. The van der Waals surface area contributed by atoms with Crippen molar-refractivity contribution >= 4 is 17.3 Å². The zero-order chi connectivity index (χ0) is 12.3. The molecule has 0 aliphatic carbocycles. The standard InChI is InChI=1S/C13H19N3O/c1-14-9-13(17)15-11-5-6-12-10(8-11)4-3-7-16(12)2/h5-6,8,14H,3-4,7,9H2,1-2H3,(H,15,17). The number of carbonyl (C=O) groups excluding carboxylic acids is 1. The Bertz CT molecular complexity index is 417. The Hall–Kier alpha value is -1.55. The first-order valence-corrected chi connectivity index (χ1v) is 5.99. The van der Waals surface area contributed by atoms with Gasteiger partial charge in [-0.15, -0.1) is 0 Å². The molecule has 1 heterocycles. The molecule has 4 heteroatoms. The highest BCUT2D eigenvalue weighted by molar-refractivity contribution is 5.92. The Morgan fingerprint density at radius 2 is 2.29 bits per heavy atom. The number of aryl methyl sites for hydroxylation is 1. The third-order valence-electron chi connectivity index (χ3n) is 3.05. The molecule has 0 saturated carbocycles. The number of anilines is 2. The maximum atomic E-state index is 11.5. The lowest BCUT2D eigenvalue weighted by molar-refractivity contribution is -0.115. The lowest BCUT2D eigenvalue weighted by atomic mass is 10.0. The average molecular weight is 233 g/mol. The van der Waals surface area contributed by atoms with Crippen molar-refractivity contribution in [2.45, 2.75) is 12.8 Å². The first-order chi connectivity index (χ1) is 8.20. The van der Waals surface area contributed by atoms with Gasteiger partial charge in [0.2, 0.25) is 5.91 Å². The number of nitrogens with zero attached hydrogens (tertiary/aromatic N) is 1. The smallest absolute Gasteiger partial charge is 0.238 e. The largest absolute Gasteiger partial charge is 0.374 e. The Morgan fingerprint density at radius 3 is 3.06 bits per heavy atom. The van der Waals surface area contributed by atoms with Gasteiger partial charge < -0.3 is 15.5 Å². The van der Waals surface area contributed by atoms with E-state index in [-0.39, 0.29) is 5.91 Å². The van der Waals surface area contributed by atoms with Gasteiger partial charge in [0.25, 0.3) is 0 Å². The van der Waals surface area contributed by atoms with Crippen LogP contribution in [0, 0.1) is 0 Å². The van der Waals surface area contributed by atoms with Crippen LogP contribution in [0.1, 0.15) is 12.0 Å². The van der Waals surface area contributed by atoms with Crippen LogP contribution in [0.5, 0.6) is 0 Å². The molecule has 17 heavy (non-hydrogen) atoms. The summed E-state index contributed by atoms with van der Waals surface area (Å²) in [5.74, 6) is -0.00314. The zero-order valence-electron chi connectivity index (χ0n) is 10.4. The molecule has 0 fully saturated rings. The summed E-state index contributed by atoms with van der Waals surface area (Å²) in [5.41, 5.74) is 3.49.